The third-order valence-corrected chi connectivity index (χ3v) is 3.05. The fraction of sp³-hybridized carbons (Fsp3) is 0.133. The standard InChI is InChI=1S/C15H14ClFN2O2/c1-9-2-4-11(16)14(6-9)21-8-15(20)19-13-5-3-10(17)7-12(13)18/h2-7H,8,18H2,1H3,(H,19,20). The fourth-order valence-corrected chi connectivity index (χ4v) is 1.87. The summed E-state index contributed by atoms with van der Waals surface area (Å²) in [5.41, 5.74) is 7.06. The molecule has 0 aromatic heterocycles. The molecule has 6 heteroatoms. The second-order valence-corrected chi connectivity index (χ2v) is 4.91. The largest absolute Gasteiger partial charge is 0.482 e. The molecular formula is C15H14ClFN2O2. The summed E-state index contributed by atoms with van der Waals surface area (Å²) >= 11 is 5.96. The molecule has 2 rings (SSSR count). The van der Waals surface area contributed by atoms with E-state index in [2.05, 4.69) is 5.32 Å². The first-order valence-corrected chi connectivity index (χ1v) is 6.57. The number of benzene rings is 2. The van der Waals surface area contributed by atoms with Gasteiger partial charge in [-0.25, -0.2) is 4.39 Å². The second kappa shape index (κ2) is 6.45. The summed E-state index contributed by atoms with van der Waals surface area (Å²) in [7, 11) is 0. The fourth-order valence-electron chi connectivity index (χ4n) is 1.70. The number of amides is 1. The van der Waals surface area contributed by atoms with Crippen molar-refractivity contribution >= 4 is 28.9 Å². The number of nitrogen functional groups attached to an aromatic ring is 1. The zero-order valence-electron chi connectivity index (χ0n) is 11.3. The van der Waals surface area contributed by atoms with Gasteiger partial charge < -0.3 is 15.8 Å². The number of halogens is 2. The van der Waals surface area contributed by atoms with Crippen molar-refractivity contribution in [3.8, 4) is 5.75 Å². The van der Waals surface area contributed by atoms with E-state index in [4.69, 9.17) is 22.1 Å². The van der Waals surface area contributed by atoms with E-state index in [1.54, 1.807) is 12.1 Å². The molecule has 3 N–H and O–H groups in total. The van der Waals surface area contributed by atoms with Gasteiger partial charge in [0.25, 0.3) is 5.91 Å². The van der Waals surface area contributed by atoms with Crippen LogP contribution < -0.4 is 15.8 Å². The van der Waals surface area contributed by atoms with Gasteiger partial charge in [-0.05, 0) is 42.8 Å². The number of nitrogens with two attached hydrogens (primary N) is 1. The topological polar surface area (TPSA) is 64.3 Å². The molecule has 0 aliphatic carbocycles. The Kier molecular flexibility index (Phi) is 4.65. The highest BCUT2D eigenvalue weighted by molar-refractivity contribution is 6.32. The van der Waals surface area contributed by atoms with Gasteiger partial charge >= 0.3 is 0 Å². The van der Waals surface area contributed by atoms with Gasteiger partial charge in [0.1, 0.15) is 11.6 Å². The van der Waals surface area contributed by atoms with E-state index in [-0.39, 0.29) is 12.3 Å². The maximum atomic E-state index is 12.9. The van der Waals surface area contributed by atoms with Crippen LogP contribution in [-0.2, 0) is 4.79 Å². The molecule has 4 nitrogen and oxygen atoms in total. The van der Waals surface area contributed by atoms with Gasteiger partial charge in [-0.15, -0.1) is 0 Å². The molecule has 0 spiro atoms. The van der Waals surface area contributed by atoms with Crippen molar-refractivity contribution in [3.63, 3.8) is 0 Å². The Bertz CT molecular complexity index is 677. The summed E-state index contributed by atoms with van der Waals surface area (Å²) in [6.45, 7) is 1.67. The maximum Gasteiger partial charge on any atom is 0.262 e. The number of aryl methyl sites for hydroxylation is 1. The Labute approximate surface area is 126 Å². The summed E-state index contributed by atoms with van der Waals surface area (Å²) in [6, 6.07) is 9.01. The van der Waals surface area contributed by atoms with Gasteiger partial charge in [0, 0.05) is 0 Å². The van der Waals surface area contributed by atoms with E-state index in [1.165, 1.54) is 12.1 Å². The van der Waals surface area contributed by atoms with Crippen LogP contribution in [0.2, 0.25) is 5.02 Å². The average Bonchev–Trinajstić information content (AvgIpc) is 2.43. The number of carbonyl (C=O) groups excluding carboxylic acids is 1. The van der Waals surface area contributed by atoms with Crippen molar-refractivity contribution < 1.29 is 13.9 Å². The summed E-state index contributed by atoms with van der Waals surface area (Å²) in [5.74, 6) is -0.446. The van der Waals surface area contributed by atoms with Crippen molar-refractivity contribution in [2.24, 2.45) is 0 Å². The monoisotopic (exact) mass is 308 g/mol. The third kappa shape index (κ3) is 4.10. The number of nitrogens with one attached hydrogen (secondary N) is 1. The van der Waals surface area contributed by atoms with E-state index in [0.717, 1.165) is 11.6 Å². The van der Waals surface area contributed by atoms with E-state index < -0.39 is 11.7 Å². The highest BCUT2D eigenvalue weighted by atomic mass is 35.5. The van der Waals surface area contributed by atoms with Gasteiger partial charge in [-0.2, -0.15) is 0 Å². The Morgan fingerprint density at radius 3 is 2.81 bits per heavy atom. The number of ether oxygens (including phenoxy) is 1. The molecule has 110 valence electrons. The molecule has 2 aromatic carbocycles. The van der Waals surface area contributed by atoms with Crippen LogP contribution in [0.25, 0.3) is 0 Å². The van der Waals surface area contributed by atoms with Gasteiger partial charge in [-0.1, -0.05) is 17.7 Å². The number of anilines is 2. The lowest BCUT2D eigenvalue weighted by Crippen LogP contribution is -2.21. The van der Waals surface area contributed by atoms with Crippen LogP contribution in [0.15, 0.2) is 36.4 Å². The molecule has 0 aliphatic rings. The zero-order chi connectivity index (χ0) is 15.4. The lowest BCUT2D eigenvalue weighted by molar-refractivity contribution is -0.118. The molecule has 0 bridgehead atoms. The smallest absolute Gasteiger partial charge is 0.262 e. The van der Waals surface area contributed by atoms with Crippen LogP contribution >= 0.6 is 11.6 Å². The summed E-state index contributed by atoms with van der Waals surface area (Å²) < 4.78 is 18.3. The highest BCUT2D eigenvalue weighted by Gasteiger charge is 2.09. The van der Waals surface area contributed by atoms with Crippen LogP contribution in [-0.4, -0.2) is 12.5 Å². The van der Waals surface area contributed by atoms with E-state index in [1.807, 2.05) is 13.0 Å². The number of hydrogen-bond donors (Lipinski definition) is 2. The Balaban J connectivity index is 1.97. The van der Waals surface area contributed by atoms with Crippen LogP contribution in [0.5, 0.6) is 5.75 Å². The molecule has 0 heterocycles. The van der Waals surface area contributed by atoms with E-state index in [9.17, 15) is 9.18 Å². The molecule has 0 fully saturated rings. The molecule has 0 saturated heterocycles. The first kappa shape index (κ1) is 15.1. The molecule has 0 aliphatic heterocycles. The Hall–Kier alpha value is -2.27. The molecule has 0 radical (unpaired) electrons. The van der Waals surface area contributed by atoms with Crippen molar-refractivity contribution in [1.82, 2.24) is 0 Å². The van der Waals surface area contributed by atoms with E-state index in [0.29, 0.717) is 16.5 Å². The predicted molar refractivity (Wildman–Crippen MR) is 81.1 cm³/mol. The third-order valence-electron chi connectivity index (χ3n) is 2.73. The minimum Gasteiger partial charge on any atom is -0.482 e. The number of rotatable bonds is 4. The molecule has 2 aromatic rings. The number of hydrogen-bond acceptors (Lipinski definition) is 3. The van der Waals surface area contributed by atoms with Crippen LogP contribution in [0.1, 0.15) is 5.56 Å². The van der Waals surface area contributed by atoms with Crippen molar-refractivity contribution in [3.05, 3.63) is 52.8 Å². The minimum atomic E-state index is -0.465. The maximum absolute atomic E-state index is 12.9. The van der Waals surface area contributed by atoms with Gasteiger partial charge in [-0.3, -0.25) is 4.79 Å². The quantitative estimate of drug-likeness (QED) is 0.851. The molecule has 0 atom stereocenters. The lowest BCUT2D eigenvalue weighted by Gasteiger charge is -2.10. The molecule has 0 unspecified atom stereocenters. The number of carbonyl (C=O) groups is 1. The molecule has 0 saturated carbocycles. The lowest BCUT2D eigenvalue weighted by atomic mass is 10.2. The Morgan fingerprint density at radius 2 is 2.10 bits per heavy atom. The second-order valence-electron chi connectivity index (χ2n) is 4.50. The van der Waals surface area contributed by atoms with Crippen molar-refractivity contribution in [1.29, 1.82) is 0 Å². The Morgan fingerprint density at radius 1 is 1.33 bits per heavy atom. The van der Waals surface area contributed by atoms with Gasteiger partial charge in [0.15, 0.2) is 6.61 Å². The molecule has 1 amide bonds. The van der Waals surface area contributed by atoms with Gasteiger partial charge in [0.2, 0.25) is 0 Å². The normalized spacial score (nSPS) is 10.2. The van der Waals surface area contributed by atoms with Crippen molar-refractivity contribution in [2.45, 2.75) is 6.92 Å². The zero-order valence-corrected chi connectivity index (χ0v) is 12.1. The average molecular weight is 309 g/mol. The summed E-state index contributed by atoms with van der Waals surface area (Å²) in [5, 5.41) is 2.97. The predicted octanol–water partition coefficient (Wildman–Crippen LogP) is 3.39. The van der Waals surface area contributed by atoms with Crippen molar-refractivity contribution in [2.75, 3.05) is 17.7 Å². The van der Waals surface area contributed by atoms with E-state index >= 15 is 0 Å². The summed E-state index contributed by atoms with van der Waals surface area (Å²) in [6.07, 6.45) is 0. The van der Waals surface area contributed by atoms with Crippen LogP contribution in [0.3, 0.4) is 0 Å². The first-order chi connectivity index (χ1) is 9.95. The molecular weight excluding hydrogens is 295 g/mol. The SMILES string of the molecule is Cc1ccc(Cl)c(OCC(=O)Nc2ccc(F)cc2N)c1. The molecule has 21 heavy (non-hydrogen) atoms. The minimum absolute atomic E-state index is 0.150. The highest BCUT2D eigenvalue weighted by Crippen LogP contribution is 2.25. The van der Waals surface area contributed by atoms with Gasteiger partial charge in [0.05, 0.1) is 16.4 Å². The van der Waals surface area contributed by atoms with Crippen LogP contribution in [0, 0.1) is 12.7 Å². The summed E-state index contributed by atoms with van der Waals surface area (Å²) in [4.78, 5) is 11.8. The first-order valence-electron chi connectivity index (χ1n) is 6.19. The van der Waals surface area contributed by atoms with Crippen LogP contribution in [0.4, 0.5) is 15.8 Å².